The van der Waals surface area contributed by atoms with Gasteiger partial charge in [0.05, 0.1) is 22.7 Å². The molecule has 224 valence electrons. The highest BCUT2D eigenvalue weighted by atomic mass is 19.4. The number of rotatable bonds is 11. The Balaban J connectivity index is 1.71. The van der Waals surface area contributed by atoms with Crippen molar-refractivity contribution in [3.8, 4) is 0 Å². The molecule has 0 aliphatic heterocycles. The van der Waals surface area contributed by atoms with Crippen LogP contribution in [0.25, 0.3) is 11.5 Å². The van der Waals surface area contributed by atoms with Gasteiger partial charge in [0.15, 0.2) is 5.78 Å². The van der Waals surface area contributed by atoms with Crippen molar-refractivity contribution in [1.29, 1.82) is 0 Å². The number of carbonyl (C=O) groups is 1. The van der Waals surface area contributed by atoms with Crippen LogP contribution in [0.5, 0.6) is 0 Å². The van der Waals surface area contributed by atoms with Crippen LogP contribution in [0.4, 0.5) is 39.5 Å². The molecular weight excluding hydrogens is 577 g/mol. The zero-order chi connectivity index (χ0) is 31.3. The van der Waals surface area contributed by atoms with Crippen molar-refractivity contribution in [2.45, 2.75) is 37.4 Å². The van der Waals surface area contributed by atoms with Crippen LogP contribution in [0, 0.1) is 0 Å². The summed E-state index contributed by atoms with van der Waals surface area (Å²) in [4.78, 5) is 12.7. The van der Waals surface area contributed by atoms with Crippen molar-refractivity contribution in [2.24, 2.45) is 0 Å². The van der Waals surface area contributed by atoms with Crippen LogP contribution in [0.2, 0.25) is 0 Å². The maximum atomic E-state index is 12.9. The first-order valence-electron chi connectivity index (χ1n) is 12.3. The fourth-order valence-electron chi connectivity index (χ4n) is 3.81. The van der Waals surface area contributed by atoms with Crippen molar-refractivity contribution in [1.82, 2.24) is 5.32 Å². The van der Waals surface area contributed by atoms with Gasteiger partial charge in [-0.05, 0) is 48.4 Å². The standard InChI is InChI=1S/C30H24F9NO2/c1-18(20-3-9-23(10-4-20)28(31,32)33)40-26(15-16-27(41)22-7-13-25(14-8-22)30(37,38)39)17-42-19(2)21-5-11-24(12-6-21)29(34,35)36/h3-14,26,40H,1-2,15-17H2. The summed E-state index contributed by atoms with van der Waals surface area (Å²) in [5.74, 6) is -0.457. The lowest BCUT2D eigenvalue weighted by atomic mass is 10.0. The number of halogens is 9. The Hall–Kier alpha value is -4.22. The van der Waals surface area contributed by atoms with Gasteiger partial charge < -0.3 is 10.1 Å². The molecule has 0 saturated carbocycles. The maximum absolute atomic E-state index is 12.9. The number of alkyl halides is 9. The van der Waals surface area contributed by atoms with Gasteiger partial charge in [0.2, 0.25) is 0 Å². The highest BCUT2D eigenvalue weighted by Crippen LogP contribution is 2.32. The molecule has 1 atom stereocenters. The highest BCUT2D eigenvalue weighted by Gasteiger charge is 2.32. The van der Waals surface area contributed by atoms with Crippen molar-refractivity contribution in [3.05, 3.63) is 119 Å². The van der Waals surface area contributed by atoms with Crippen LogP contribution in [-0.2, 0) is 23.3 Å². The quantitative estimate of drug-likeness (QED) is 0.135. The van der Waals surface area contributed by atoms with E-state index in [1.165, 1.54) is 24.3 Å². The van der Waals surface area contributed by atoms with E-state index >= 15 is 0 Å². The molecule has 3 aromatic rings. The van der Waals surface area contributed by atoms with Crippen molar-refractivity contribution in [2.75, 3.05) is 6.61 Å². The second-order valence-corrected chi connectivity index (χ2v) is 9.24. The van der Waals surface area contributed by atoms with Crippen LogP contribution < -0.4 is 5.32 Å². The molecule has 3 nitrogen and oxygen atoms in total. The van der Waals surface area contributed by atoms with E-state index in [1.54, 1.807) is 0 Å². The summed E-state index contributed by atoms with van der Waals surface area (Å²) >= 11 is 0. The van der Waals surface area contributed by atoms with Crippen LogP contribution >= 0.6 is 0 Å². The number of hydrogen-bond donors (Lipinski definition) is 1. The van der Waals surface area contributed by atoms with Crippen LogP contribution in [0.15, 0.2) is 86.0 Å². The molecular formula is C30H24F9NO2. The molecule has 0 radical (unpaired) electrons. The van der Waals surface area contributed by atoms with E-state index in [2.05, 4.69) is 18.5 Å². The molecule has 12 heteroatoms. The van der Waals surface area contributed by atoms with E-state index in [9.17, 15) is 44.3 Å². The fraction of sp³-hybridized carbons (Fsp3) is 0.233. The molecule has 0 aliphatic rings. The van der Waals surface area contributed by atoms with Gasteiger partial charge in [0.1, 0.15) is 12.4 Å². The first-order valence-corrected chi connectivity index (χ1v) is 12.3. The van der Waals surface area contributed by atoms with E-state index < -0.39 is 47.0 Å². The second-order valence-electron chi connectivity index (χ2n) is 9.24. The Bertz CT molecular complexity index is 1310. The van der Waals surface area contributed by atoms with Crippen LogP contribution in [-0.4, -0.2) is 18.4 Å². The third kappa shape index (κ3) is 8.89. The number of nitrogens with one attached hydrogen (secondary N) is 1. The third-order valence-electron chi connectivity index (χ3n) is 6.19. The zero-order valence-electron chi connectivity index (χ0n) is 21.8. The summed E-state index contributed by atoms with van der Waals surface area (Å²) in [5.41, 5.74) is -1.85. The normalized spacial score (nSPS) is 12.9. The van der Waals surface area contributed by atoms with Crippen molar-refractivity contribution in [3.63, 3.8) is 0 Å². The van der Waals surface area contributed by atoms with Crippen molar-refractivity contribution < 1.29 is 49.0 Å². The topological polar surface area (TPSA) is 38.3 Å². The first kappa shape index (κ1) is 32.3. The molecule has 42 heavy (non-hydrogen) atoms. The van der Waals surface area contributed by atoms with Gasteiger partial charge in [-0.2, -0.15) is 39.5 Å². The van der Waals surface area contributed by atoms with Crippen LogP contribution in [0.1, 0.15) is 51.0 Å². The van der Waals surface area contributed by atoms with E-state index in [1.807, 2.05) is 0 Å². The van der Waals surface area contributed by atoms with Crippen LogP contribution in [0.3, 0.4) is 0 Å². The Labute approximate surface area is 235 Å². The monoisotopic (exact) mass is 601 g/mol. The molecule has 0 bridgehead atoms. The molecule has 0 amide bonds. The number of ketones is 1. The summed E-state index contributed by atoms with van der Waals surface area (Å²) < 4.78 is 121. The Morgan fingerprint density at radius 2 is 1.02 bits per heavy atom. The van der Waals surface area contributed by atoms with E-state index in [4.69, 9.17) is 4.74 Å². The lowest BCUT2D eigenvalue weighted by Crippen LogP contribution is -2.32. The third-order valence-corrected chi connectivity index (χ3v) is 6.19. The first-order chi connectivity index (χ1) is 19.4. The molecule has 0 spiro atoms. The molecule has 0 fully saturated rings. The van der Waals surface area contributed by atoms with Gasteiger partial charge in [-0.1, -0.05) is 49.6 Å². The molecule has 1 unspecified atom stereocenters. The van der Waals surface area contributed by atoms with Gasteiger partial charge >= 0.3 is 18.5 Å². The maximum Gasteiger partial charge on any atom is 0.416 e. The van der Waals surface area contributed by atoms with Gasteiger partial charge in [-0.15, -0.1) is 0 Å². The number of ether oxygens (including phenoxy) is 1. The Morgan fingerprint density at radius 1 is 0.643 bits per heavy atom. The summed E-state index contributed by atoms with van der Waals surface area (Å²) in [6.07, 6.45) is -13.7. The summed E-state index contributed by atoms with van der Waals surface area (Å²) in [7, 11) is 0. The molecule has 1 N–H and O–H groups in total. The molecule has 0 aliphatic carbocycles. The van der Waals surface area contributed by atoms with Gasteiger partial charge in [-0.3, -0.25) is 4.79 Å². The SMILES string of the molecule is C=C(NC(CCC(=O)c1ccc(C(F)(F)F)cc1)COC(=C)c1ccc(C(F)(F)F)cc1)c1ccc(C(F)(F)F)cc1. The smallest absolute Gasteiger partial charge is 0.416 e. The molecule has 0 heterocycles. The lowest BCUT2D eigenvalue weighted by Gasteiger charge is -2.23. The minimum Gasteiger partial charge on any atom is -0.491 e. The Morgan fingerprint density at radius 3 is 1.43 bits per heavy atom. The molecule has 0 aromatic heterocycles. The largest absolute Gasteiger partial charge is 0.491 e. The molecule has 0 saturated heterocycles. The second kappa shape index (κ2) is 12.7. The van der Waals surface area contributed by atoms with Crippen molar-refractivity contribution >= 4 is 17.2 Å². The predicted octanol–water partition coefficient (Wildman–Crippen LogP) is 9.02. The van der Waals surface area contributed by atoms with E-state index in [-0.39, 0.29) is 42.0 Å². The average molecular weight is 602 g/mol. The highest BCUT2D eigenvalue weighted by molar-refractivity contribution is 5.96. The minimum absolute atomic E-state index is 0.0183. The van der Waals surface area contributed by atoms with Gasteiger partial charge in [-0.25, -0.2) is 0 Å². The van der Waals surface area contributed by atoms with E-state index in [0.717, 1.165) is 48.5 Å². The predicted molar refractivity (Wildman–Crippen MR) is 139 cm³/mol. The Kier molecular flexibility index (Phi) is 9.80. The number of carbonyl (C=O) groups excluding carboxylic acids is 1. The van der Waals surface area contributed by atoms with E-state index in [0.29, 0.717) is 5.56 Å². The number of hydrogen-bond acceptors (Lipinski definition) is 3. The minimum atomic E-state index is -4.57. The van der Waals surface area contributed by atoms with Gasteiger partial charge in [0.25, 0.3) is 0 Å². The fourth-order valence-corrected chi connectivity index (χ4v) is 3.81. The lowest BCUT2D eigenvalue weighted by molar-refractivity contribution is -0.138. The number of benzene rings is 3. The zero-order valence-corrected chi connectivity index (χ0v) is 21.8. The average Bonchev–Trinajstić information content (AvgIpc) is 2.92. The van der Waals surface area contributed by atoms with Gasteiger partial charge in [0, 0.05) is 23.2 Å². The molecule has 3 aromatic carbocycles. The summed E-state index contributed by atoms with van der Waals surface area (Å²) in [6.45, 7) is 7.35. The molecule has 3 rings (SSSR count). The summed E-state index contributed by atoms with van der Waals surface area (Å²) in [5, 5.41) is 2.97. The summed E-state index contributed by atoms with van der Waals surface area (Å²) in [6, 6.07) is 11.2. The number of Topliss-reactive ketones (excluding diaryl/α,β-unsaturated/α-hetero) is 1.